The molecule has 1 atom stereocenters. The van der Waals surface area contributed by atoms with Crippen LogP contribution in [0.4, 0.5) is 0 Å². The van der Waals surface area contributed by atoms with Crippen LogP contribution in [-0.4, -0.2) is 17.5 Å². The Hall–Kier alpha value is -1.24. The molecule has 1 aliphatic heterocycles. The minimum atomic E-state index is 0.641. The van der Waals surface area contributed by atoms with Gasteiger partial charge in [-0.2, -0.15) is 0 Å². The first-order valence-corrected chi connectivity index (χ1v) is 6.21. The fourth-order valence-electron chi connectivity index (χ4n) is 2.49. The first kappa shape index (κ1) is 11.3. The molecular formula is C15H21N. The van der Waals surface area contributed by atoms with Crippen molar-refractivity contribution in [1.82, 2.24) is 4.90 Å². The number of nitrogens with zero attached hydrogens (tertiary/aromatic N) is 1. The van der Waals surface area contributed by atoms with E-state index in [1.165, 1.54) is 36.1 Å². The van der Waals surface area contributed by atoms with Crippen LogP contribution in [0.2, 0.25) is 0 Å². The van der Waals surface area contributed by atoms with Crippen molar-refractivity contribution in [2.45, 2.75) is 39.2 Å². The van der Waals surface area contributed by atoms with E-state index in [-0.39, 0.29) is 0 Å². The average Bonchev–Trinajstić information content (AvgIpc) is 2.29. The van der Waals surface area contributed by atoms with Crippen LogP contribution in [0, 0.1) is 6.92 Å². The molecular weight excluding hydrogens is 194 g/mol. The molecule has 1 aromatic rings. The summed E-state index contributed by atoms with van der Waals surface area (Å²) in [5.74, 6) is 0. The highest BCUT2D eigenvalue weighted by molar-refractivity contribution is 5.62. The molecule has 1 unspecified atom stereocenters. The standard InChI is InChI=1S/C15H21N/c1-12-7-6-9-15(11-12)14(3)16-10-5-4-8-13(16)2/h6-7,9,11,13H,3-5,8,10H2,1-2H3. The van der Waals surface area contributed by atoms with Crippen molar-refractivity contribution >= 4 is 5.70 Å². The Labute approximate surface area is 98.8 Å². The van der Waals surface area contributed by atoms with E-state index in [2.05, 4.69) is 49.6 Å². The molecule has 1 fully saturated rings. The molecule has 16 heavy (non-hydrogen) atoms. The fourth-order valence-corrected chi connectivity index (χ4v) is 2.49. The van der Waals surface area contributed by atoms with Gasteiger partial charge in [0.1, 0.15) is 0 Å². The number of hydrogen-bond donors (Lipinski definition) is 0. The third kappa shape index (κ3) is 2.29. The van der Waals surface area contributed by atoms with Gasteiger partial charge in [-0.25, -0.2) is 0 Å². The van der Waals surface area contributed by atoms with Gasteiger partial charge >= 0.3 is 0 Å². The second-order valence-corrected chi connectivity index (χ2v) is 4.85. The maximum Gasteiger partial charge on any atom is 0.0369 e. The summed E-state index contributed by atoms with van der Waals surface area (Å²) in [5, 5.41) is 0. The monoisotopic (exact) mass is 215 g/mol. The third-order valence-electron chi connectivity index (χ3n) is 3.50. The van der Waals surface area contributed by atoms with Gasteiger partial charge in [0.15, 0.2) is 0 Å². The second kappa shape index (κ2) is 4.73. The number of rotatable bonds is 2. The first-order valence-electron chi connectivity index (χ1n) is 6.21. The van der Waals surface area contributed by atoms with Gasteiger partial charge in [-0.05, 0) is 44.7 Å². The zero-order chi connectivity index (χ0) is 11.5. The molecule has 0 radical (unpaired) electrons. The second-order valence-electron chi connectivity index (χ2n) is 4.85. The van der Waals surface area contributed by atoms with Crippen LogP contribution in [-0.2, 0) is 0 Å². The van der Waals surface area contributed by atoms with E-state index < -0.39 is 0 Å². The molecule has 86 valence electrons. The molecule has 1 heterocycles. The Morgan fingerprint density at radius 2 is 2.19 bits per heavy atom. The Balaban J connectivity index is 2.17. The lowest BCUT2D eigenvalue weighted by molar-refractivity contribution is 0.244. The van der Waals surface area contributed by atoms with Gasteiger partial charge in [0.25, 0.3) is 0 Å². The van der Waals surface area contributed by atoms with Crippen molar-refractivity contribution < 1.29 is 0 Å². The largest absolute Gasteiger partial charge is 0.369 e. The van der Waals surface area contributed by atoms with Gasteiger partial charge in [0.2, 0.25) is 0 Å². The molecule has 1 aromatic carbocycles. The van der Waals surface area contributed by atoms with Gasteiger partial charge < -0.3 is 4.90 Å². The summed E-state index contributed by atoms with van der Waals surface area (Å²) in [6.45, 7) is 9.87. The zero-order valence-electron chi connectivity index (χ0n) is 10.4. The molecule has 1 aliphatic rings. The molecule has 0 bridgehead atoms. The number of likely N-dealkylation sites (tertiary alicyclic amines) is 1. The molecule has 1 heteroatoms. The normalized spacial score (nSPS) is 20.9. The molecule has 1 saturated heterocycles. The molecule has 0 aromatic heterocycles. The number of aryl methyl sites for hydroxylation is 1. The van der Waals surface area contributed by atoms with Crippen molar-refractivity contribution in [3.63, 3.8) is 0 Å². The van der Waals surface area contributed by atoms with Gasteiger partial charge in [-0.3, -0.25) is 0 Å². The van der Waals surface area contributed by atoms with Crippen molar-refractivity contribution in [3.8, 4) is 0 Å². The summed E-state index contributed by atoms with van der Waals surface area (Å²) in [6.07, 6.45) is 3.96. The minimum absolute atomic E-state index is 0.641. The number of piperidine rings is 1. The highest BCUT2D eigenvalue weighted by Crippen LogP contribution is 2.26. The molecule has 0 amide bonds. The van der Waals surface area contributed by atoms with Gasteiger partial charge in [-0.1, -0.05) is 30.3 Å². The van der Waals surface area contributed by atoms with Crippen molar-refractivity contribution in [2.75, 3.05) is 6.54 Å². The Morgan fingerprint density at radius 1 is 1.38 bits per heavy atom. The molecule has 0 N–H and O–H groups in total. The zero-order valence-corrected chi connectivity index (χ0v) is 10.4. The highest BCUT2D eigenvalue weighted by Gasteiger charge is 2.19. The Kier molecular flexibility index (Phi) is 3.33. The smallest absolute Gasteiger partial charge is 0.0369 e. The Morgan fingerprint density at radius 3 is 2.88 bits per heavy atom. The maximum atomic E-state index is 4.27. The van der Waals surface area contributed by atoms with Crippen LogP contribution in [0.5, 0.6) is 0 Å². The topological polar surface area (TPSA) is 3.24 Å². The summed E-state index contributed by atoms with van der Waals surface area (Å²) >= 11 is 0. The molecule has 0 aliphatic carbocycles. The van der Waals surface area contributed by atoms with E-state index in [1.807, 2.05) is 0 Å². The van der Waals surface area contributed by atoms with E-state index in [0.29, 0.717) is 6.04 Å². The van der Waals surface area contributed by atoms with E-state index in [4.69, 9.17) is 0 Å². The summed E-state index contributed by atoms with van der Waals surface area (Å²) in [6, 6.07) is 9.28. The molecule has 0 saturated carbocycles. The quantitative estimate of drug-likeness (QED) is 0.724. The van der Waals surface area contributed by atoms with Gasteiger partial charge in [0, 0.05) is 18.3 Å². The first-order chi connectivity index (χ1) is 7.68. The Bertz CT molecular complexity index is 381. The van der Waals surface area contributed by atoms with Crippen LogP contribution in [0.15, 0.2) is 30.8 Å². The fraction of sp³-hybridized carbons (Fsp3) is 0.467. The lowest BCUT2D eigenvalue weighted by atomic mass is 10.0. The predicted octanol–water partition coefficient (Wildman–Crippen LogP) is 3.84. The lowest BCUT2D eigenvalue weighted by Crippen LogP contribution is -2.35. The highest BCUT2D eigenvalue weighted by atomic mass is 15.2. The van der Waals surface area contributed by atoms with Gasteiger partial charge in [-0.15, -0.1) is 0 Å². The van der Waals surface area contributed by atoms with Crippen molar-refractivity contribution in [3.05, 3.63) is 42.0 Å². The predicted molar refractivity (Wildman–Crippen MR) is 70.2 cm³/mol. The molecule has 1 nitrogen and oxygen atoms in total. The van der Waals surface area contributed by atoms with E-state index in [9.17, 15) is 0 Å². The maximum absolute atomic E-state index is 4.27. The van der Waals surface area contributed by atoms with Crippen LogP contribution in [0.25, 0.3) is 5.70 Å². The summed E-state index contributed by atoms with van der Waals surface area (Å²) in [7, 11) is 0. The minimum Gasteiger partial charge on any atom is -0.369 e. The van der Waals surface area contributed by atoms with Crippen molar-refractivity contribution in [2.24, 2.45) is 0 Å². The number of hydrogen-bond acceptors (Lipinski definition) is 1. The summed E-state index contributed by atoms with van der Waals surface area (Å²) in [5.41, 5.74) is 3.77. The van der Waals surface area contributed by atoms with E-state index in [0.717, 1.165) is 6.54 Å². The van der Waals surface area contributed by atoms with E-state index in [1.54, 1.807) is 0 Å². The van der Waals surface area contributed by atoms with Crippen LogP contribution < -0.4 is 0 Å². The average molecular weight is 215 g/mol. The van der Waals surface area contributed by atoms with Gasteiger partial charge in [0.05, 0.1) is 0 Å². The molecule has 0 spiro atoms. The van der Waals surface area contributed by atoms with E-state index >= 15 is 0 Å². The van der Waals surface area contributed by atoms with Crippen LogP contribution in [0.1, 0.15) is 37.3 Å². The summed E-state index contributed by atoms with van der Waals surface area (Å²) < 4.78 is 0. The molecule has 2 rings (SSSR count). The lowest BCUT2D eigenvalue weighted by Gasteiger charge is -2.36. The summed E-state index contributed by atoms with van der Waals surface area (Å²) in [4.78, 5) is 2.46. The van der Waals surface area contributed by atoms with Crippen LogP contribution >= 0.6 is 0 Å². The van der Waals surface area contributed by atoms with Crippen molar-refractivity contribution in [1.29, 1.82) is 0 Å². The third-order valence-corrected chi connectivity index (χ3v) is 3.50. The SMILES string of the molecule is C=C(c1cccc(C)c1)N1CCCCC1C. The van der Waals surface area contributed by atoms with Crippen LogP contribution in [0.3, 0.4) is 0 Å². The number of benzene rings is 1.